The third kappa shape index (κ3) is 5.31. The maximum Gasteiger partial charge on any atom is 0.266 e. The van der Waals surface area contributed by atoms with Gasteiger partial charge < -0.3 is 5.32 Å². The summed E-state index contributed by atoms with van der Waals surface area (Å²) in [6.45, 7) is 0.236. The SMILES string of the molecule is O=C(CCN1C(=O)C(=Cc2ccccc2Cl)SC1=S)Nc1cccc(I)c1. The molecule has 2 amide bonds. The smallest absolute Gasteiger partial charge is 0.266 e. The van der Waals surface area contributed by atoms with E-state index in [0.717, 1.165) is 14.8 Å². The highest BCUT2D eigenvalue weighted by molar-refractivity contribution is 14.1. The largest absolute Gasteiger partial charge is 0.326 e. The third-order valence-electron chi connectivity index (χ3n) is 3.74. The second-order valence-corrected chi connectivity index (χ2v) is 8.99. The Morgan fingerprint density at radius 2 is 2.04 bits per heavy atom. The van der Waals surface area contributed by atoms with Crippen LogP contribution in [-0.2, 0) is 9.59 Å². The average molecular weight is 529 g/mol. The highest BCUT2D eigenvalue weighted by Crippen LogP contribution is 2.33. The van der Waals surface area contributed by atoms with Gasteiger partial charge in [0.05, 0.1) is 4.91 Å². The molecule has 2 aromatic carbocycles. The first-order chi connectivity index (χ1) is 12.9. The van der Waals surface area contributed by atoms with Gasteiger partial charge in [-0.15, -0.1) is 0 Å². The maximum absolute atomic E-state index is 12.6. The number of anilines is 1. The number of halogens is 2. The van der Waals surface area contributed by atoms with Crippen LogP contribution in [0.3, 0.4) is 0 Å². The molecule has 0 atom stereocenters. The molecule has 8 heteroatoms. The molecule has 0 bridgehead atoms. The highest BCUT2D eigenvalue weighted by atomic mass is 127. The molecule has 1 N–H and O–H groups in total. The van der Waals surface area contributed by atoms with Crippen LogP contribution >= 0.6 is 58.2 Å². The van der Waals surface area contributed by atoms with Gasteiger partial charge in [0, 0.05) is 27.2 Å². The number of rotatable bonds is 5. The van der Waals surface area contributed by atoms with Gasteiger partial charge in [0.1, 0.15) is 4.32 Å². The van der Waals surface area contributed by atoms with Crippen molar-refractivity contribution in [2.45, 2.75) is 6.42 Å². The molecule has 27 heavy (non-hydrogen) atoms. The maximum atomic E-state index is 12.6. The summed E-state index contributed by atoms with van der Waals surface area (Å²) in [5, 5.41) is 3.40. The number of nitrogens with one attached hydrogen (secondary N) is 1. The molecule has 2 aromatic rings. The lowest BCUT2D eigenvalue weighted by atomic mass is 10.2. The summed E-state index contributed by atoms with van der Waals surface area (Å²) >= 11 is 14.9. The molecule has 0 unspecified atom stereocenters. The molecule has 0 spiro atoms. The van der Waals surface area contributed by atoms with E-state index in [1.54, 1.807) is 12.1 Å². The standard InChI is InChI=1S/C19H14ClIN2O2S2/c20-15-7-2-1-4-12(15)10-16-18(25)23(19(26)27-16)9-8-17(24)22-14-6-3-5-13(21)11-14/h1-7,10-11H,8-9H2,(H,22,24). The van der Waals surface area contributed by atoms with Crippen LogP contribution in [0.2, 0.25) is 5.02 Å². The Labute approximate surface area is 185 Å². The van der Waals surface area contributed by atoms with Crippen LogP contribution in [0.5, 0.6) is 0 Å². The summed E-state index contributed by atoms with van der Waals surface area (Å²) in [5.41, 5.74) is 1.49. The number of thioether (sulfide) groups is 1. The number of carbonyl (C=O) groups excluding carboxylic acids is 2. The van der Waals surface area contributed by atoms with E-state index in [9.17, 15) is 9.59 Å². The van der Waals surface area contributed by atoms with Gasteiger partial charge in [-0.2, -0.15) is 0 Å². The highest BCUT2D eigenvalue weighted by Gasteiger charge is 2.32. The number of hydrogen-bond acceptors (Lipinski definition) is 4. The van der Waals surface area contributed by atoms with Gasteiger partial charge in [-0.05, 0) is 58.5 Å². The van der Waals surface area contributed by atoms with E-state index < -0.39 is 0 Å². The Balaban J connectivity index is 1.62. The van der Waals surface area contributed by atoms with Gasteiger partial charge in [0.15, 0.2) is 0 Å². The quantitative estimate of drug-likeness (QED) is 0.330. The summed E-state index contributed by atoms with van der Waals surface area (Å²) in [6, 6.07) is 14.8. The molecular weight excluding hydrogens is 515 g/mol. The van der Waals surface area contributed by atoms with Crippen molar-refractivity contribution in [2.24, 2.45) is 0 Å². The van der Waals surface area contributed by atoms with Gasteiger partial charge in [0.2, 0.25) is 5.91 Å². The molecule has 3 rings (SSSR count). The first-order valence-corrected chi connectivity index (χ1v) is 10.7. The molecule has 1 fully saturated rings. The minimum Gasteiger partial charge on any atom is -0.326 e. The molecule has 0 radical (unpaired) electrons. The van der Waals surface area contributed by atoms with Crippen molar-refractivity contribution in [2.75, 3.05) is 11.9 Å². The van der Waals surface area contributed by atoms with Gasteiger partial charge in [-0.25, -0.2) is 0 Å². The Morgan fingerprint density at radius 1 is 1.26 bits per heavy atom. The van der Waals surface area contributed by atoms with Crippen LogP contribution in [0.25, 0.3) is 6.08 Å². The Kier molecular flexibility index (Phi) is 6.91. The van der Waals surface area contributed by atoms with E-state index in [0.29, 0.717) is 14.2 Å². The fraction of sp³-hybridized carbons (Fsp3) is 0.105. The predicted molar refractivity (Wildman–Crippen MR) is 124 cm³/mol. The van der Waals surface area contributed by atoms with E-state index in [2.05, 4.69) is 27.9 Å². The number of nitrogens with zero attached hydrogens (tertiary/aromatic N) is 1. The molecule has 1 heterocycles. The van der Waals surface area contributed by atoms with Gasteiger partial charge >= 0.3 is 0 Å². The summed E-state index contributed by atoms with van der Waals surface area (Å²) in [5.74, 6) is -0.367. The zero-order valence-corrected chi connectivity index (χ0v) is 18.5. The summed E-state index contributed by atoms with van der Waals surface area (Å²) in [6.07, 6.45) is 1.89. The van der Waals surface area contributed by atoms with Crippen molar-refractivity contribution in [1.82, 2.24) is 4.90 Å². The number of benzene rings is 2. The minimum absolute atomic E-state index is 0.164. The average Bonchev–Trinajstić information content (AvgIpc) is 2.88. The number of hydrogen-bond donors (Lipinski definition) is 1. The van der Waals surface area contributed by atoms with Crippen molar-refractivity contribution in [3.8, 4) is 0 Å². The van der Waals surface area contributed by atoms with E-state index in [1.165, 1.54) is 16.7 Å². The van der Waals surface area contributed by atoms with Gasteiger partial charge in [-0.1, -0.05) is 59.8 Å². The fourth-order valence-electron chi connectivity index (χ4n) is 2.43. The predicted octanol–water partition coefficient (Wildman–Crippen LogP) is 5.17. The fourth-order valence-corrected chi connectivity index (χ4v) is 4.46. The van der Waals surface area contributed by atoms with Crippen LogP contribution in [0.15, 0.2) is 53.4 Å². The van der Waals surface area contributed by atoms with E-state index in [-0.39, 0.29) is 24.8 Å². The lowest BCUT2D eigenvalue weighted by Gasteiger charge is -2.14. The zero-order chi connectivity index (χ0) is 19.4. The Morgan fingerprint density at radius 3 is 2.78 bits per heavy atom. The molecule has 0 aromatic heterocycles. The van der Waals surface area contributed by atoms with Crippen molar-refractivity contribution in [1.29, 1.82) is 0 Å². The van der Waals surface area contributed by atoms with E-state index in [4.69, 9.17) is 23.8 Å². The molecule has 0 aliphatic carbocycles. The molecule has 4 nitrogen and oxygen atoms in total. The minimum atomic E-state index is -0.202. The number of thiocarbonyl (C=S) groups is 1. The van der Waals surface area contributed by atoms with Crippen molar-refractivity contribution in [3.05, 3.63) is 67.6 Å². The van der Waals surface area contributed by atoms with Gasteiger partial charge in [-0.3, -0.25) is 14.5 Å². The molecule has 138 valence electrons. The molecule has 0 saturated carbocycles. The Bertz CT molecular complexity index is 949. The molecule has 1 aliphatic heterocycles. The lowest BCUT2D eigenvalue weighted by molar-refractivity contribution is -0.122. The van der Waals surface area contributed by atoms with Crippen LogP contribution in [0.4, 0.5) is 5.69 Å². The van der Waals surface area contributed by atoms with Crippen LogP contribution in [0.1, 0.15) is 12.0 Å². The van der Waals surface area contributed by atoms with Crippen molar-refractivity contribution in [3.63, 3.8) is 0 Å². The topological polar surface area (TPSA) is 49.4 Å². The third-order valence-corrected chi connectivity index (χ3v) is 6.13. The van der Waals surface area contributed by atoms with E-state index in [1.807, 2.05) is 42.5 Å². The monoisotopic (exact) mass is 528 g/mol. The second-order valence-electron chi connectivity index (χ2n) is 5.66. The van der Waals surface area contributed by atoms with Crippen LogP contribution in [0, 0.1) is 3.57 Å². The van der Waals surface area contributed by atoms with Crippen molar-refractivity contribution < 1.29 is 9.59 Å². The Hall–Kier alpha value is -1.42. The molecule has 1 saturated heterocycles. The normalized spacial score (nSPS) is 15.5. The first kappa shape index (κ1) is 20.3. The molecular formula is C19H14ClIN2O2S2. The number of carbonyl (C=O) groups is 2. The summed E-state index contributed by atoms with van der Waals surface area (Å²) in [7, 11) is 0. The van der Waals surface area contributed by atoms with Crippen LogP contribution < -0.4 is 5.32 Å². The summed E-state index contributed by atoms with van der Waals surface area (Å²) < 4.78 is 1.48. The van der Waals surface area contributed by atoms with Crippen LogP contribution in [-0.4, -0.2) is 27.6 Å². The first-order valence-electron chi connectivity index (χ1n) is 7.99. The van der Waals surface area contributed by atoms with Gasteiger partial charge in [0.25, 0.3) is 5.91 Å². The lowest BCUT2D eigenvalue weighted by Crippen LogP contribution is -2.31. The van der Waals surface area contributed by atoms with Crippen molar-refractivity contribution >= 4 is 86.1 Å². The zero-order valence-electron chi connectivity index (χ0n) is 13.9. The second kappa shape index (κ2) is 9.18. The summed E-state index contributed by atoms with van der Waals surface area (Å²) in [4.78, 5) is 26.8. The van der Waals surface area contributed by atoms with E-state index >= 15 is 0 Å². The molecule has 1 aliphatic rings. The number of amides is 2.